The Kier molecular flexibility index (Phi) is 5.78. The predicted octanol–water partition coefficient (Wildman–Crippen LogP) is 3.35. The van der Waals surface area contributed by atoms with E-state index in [1.165, 1.54) is 0 Å². The van der Waals surface area contributed by atoms with Gasteiger partial charge in [-0.2, -0.15) is 5.26 Å². The van der Waals surface area contributed by atoms with Crippen LogP contribution in [0.2, 0.25) is 0 Å². The molecule has 0 radical (unpaired) electrons. The Morgan fingerprint density at radius 3 is 2.60 bits per heavy atom. The third-order valence-electron chi connectivity index (χ3n) is 3.78. The molecule has 2 rings (SSSR count). The van der Waals surface area contributed by atoms with Crippen molar-refractivity contribution in [2.24, 2.45) is 0 Å². The summed E-state index contributed by atoms with van der Waals surface area (Å²) < 4.78 is 10.3. The minimum absolute atomic E-state index is 0.141. The van der Waals surface area contributed by atoms with Crippen LogP contribution in [0.3, 0.4) is 0 Å². The predicted molar refractivity (Wildman–Crippen MR) is 94.4 cm³/mol. The molecule has 0 amide bonds. The van der Waals surface area contributed by atoms with Crippen LogP contribution in [0.25, 0.3) is 0 Å². The van der Waals surface area contributed by atoms with Gasteiger partial charge in [-0.1, -0.05) is 12.1 Å². The molecule has 130 valence electrons. The summed E-state index contributed by atoms with van der Waals surface area (Å²) in [7, 11) is 0. The summed E-state index contributed by atoms with van der Waals surface area (Å²) in [4.78, 5) is 24.6. The van der Waals surface area contributed by atoms with Crippen LogP contribution < -0.4 is 5.73 Å². The van der Waals surface area contributed by atoms with Gasteiger partial charge in [0.15, 0.2) is 0 Å². The first-order valence-corrected chi connectivity index (χ1v) is 8.44. The summed E-state index contributed by atoms with van der Waals surface area (Å²) in [5.74, 6) is -1.11. The highest BCUT2D eigenvalue weighted by Gasteiger charge is 2.24. The molecule has 0 aliphatic carbocycles. The number of hydrogen-bond donors (Lipinski definition) is 1. The van der Waals surface area contributed by atoms with Crippen LogP contribution in [0.4, 0.5) is 5.00 Å². The fourth-order valence-electron chi connectivity index (χ4n) is 2.29. The van der Waals surface area contributed by atoms with E-state index in [0.717, 1.165) is 22.5 Å². The van der Waals surface area contributed by atoms with Crippen molar-refractivity contribution in [2.75, 3.05) is 12.3 Å². The van der Waals surface area contributed by atoms with Crippen molar-refractivity contribution in [3.05, 3.63) is 50.9 Å². The van der Waals surface area contributed by atoms with E-state index in [9.17, 15) is 14.9 Å². The first-order valence-electron chi connectivity index (χ1n) is 7.62. The zero-order chi connectivity index (χ0) is 18.6. The van der Waals surface area contributed by atoms with E-state index >= 15 is 0 Å². The molecule has 0 fully saturated rings. The number of nitrogens with zero attached hydrogens (tertiary/aromatic N) is 1. The molecule has 2 aromatic rings. The molecule has 0 bridgehead atoms. The number of nitrogens with two attached hydrogens (primary N) is 1. The van der Waals surface area contributed by atoms with Crippen molar-refractivity contribution in [3.8, 4) is 6.07 Å². The van der Waals surface area contributed by atoms with Gasteiger partial charge in [0.2, 0.25) is 0 Å². The lowest BCUT2D eigenvalue weighted by molar-refractivity contribution is 0.0452. The van der Waals surface area contributed by atoms with E-state index in [1.807, 2.05) is 26.0 Å². The number of nitrogen functional groups attached to an aromatic ring is 1. The Labute approximate surface area is 149 Å². The standard InChI is InChI=1S/C18H18N2O4S/c1-4-23-18(22)15-14(13(8-19)16(20)25-15)9-24-17(21)12-7-5-6-10(2)11(12)3/h5-7H,4,9,20H2,1-3H3. The molecule has 0 aliphatic heterocycles. The molecule has 1 aromatic heterocycles. The molecule has 6 nitrogen and oxygen atoms in total. The average Bonchev–Trinajstić information content (AvgIpc) is 2.91. The smallest absolute Gasteiger partial charge is 0.348 e. The quantitative estimate of drug-likeness (QED) is 0.822. The molecule has 1 heterocycles. The second-order valence-corrected chi connectivity index (χ2v) is 6.36. The van der Waals surface area contributed by atoms with Gasteiger partial charge in [0.25, 0.3) is 0 Å². The molecule has 0 saturated carbocycles. The number of carbonyl (C=O) groups excluding carboxylic acids is 2. The van der Waals surface area contributed by atoms with Gasteiger partial charge in [-0.05, 0) is 38.0 Å². The minimum Gasteiger partial charge on any atom is -0.462 e. The highest BCUT2D eigenvalue weighted by Crippen LogP contribution is 2.32. The number of ether oxygens (including phenoxy) is 2. The fourth-order valence-corrected chi connectivity index (χ4v) is 3.21. The molecular formula is C18H18N2O4S. The van der Waals surface area contributed by atoms with Crippen molar-refractivity contribution in [1.82, 2.24) is 0 Å². The molecule has 0 saturated heterocycles. The number of hydrogen-bond acceptors (Lipinski definition) is 7. The molecule has 0 unspecified atom stereocenters. The highest BCUT2D eigenvalue weighted by atomic mass is 32.1. The Hall–Kier alpha value is -2.85. The number of nitriles is 1. The number of aryl methyl sites for hydroxylation is 1. The summed E-state index contributed by atoms with van der Waals surface area (Å²) in [6.45, 7) is 5.38. The van der Waals surface area contributed by atoms with E-state index in [2.05, 4.69) is 0 Å². The summed E-state index contributed by atoms with van der Waals surface area (Å²) in [6, 6.07) is 7.29. The Morgan fingerprint density at radius 1 is 1.24 bits per heavy atom. The SMILES string of the molecule is CCOC(=O)c1sc(N)c(C#N)c1COC(=O)c1cccc(C)c1C. The number of carbonyl (C=O) groups is 2. The topological polar surface area (TPSA) is 102 Å². The third-order valence-corrected chi connectivity index (χ3v) is 4.82. The maximum Gasteiger partial charge on any atom is 0.348 e. The van der Waals surface area contributed by atoms with Crippen LogP contribution in [0.5, 0.6) is 0 Å². The van der Waals surface area contributed by atoms with Crippen molar-refractivity contribution in [3.63, 3.8) is 0 Å². The second-order valence-electron chi connectivity index (χ2n) is 5.30. The van der Waals surface area contributed by atoms with Crippen molar-refractivity contribution in [1.29, 1.82) is 5.26 Å². The van der Waals surface area contributed by atoms with Gasteiger partial charge in [0.1, 0.15) is 22.6 Å². The van der Waals surface area contributed by atoms with Gasteiger partial charge >= 0.3 is 11.9 Å². The molecule has 1 aromatic carbocycles. The van der Waals surface area contributed by atoms with E-state index in [-0.39, 0.29) is 34.2 Å². The molecule has 7 heteroatoms. The normalized spacial score (nSPS) is 10.2. The molecule has 0 aliphatic rings. The van der Waals surface area contributed by atoms with E-state index in [4.69, 9.17) is 15.2 Å². The maximum atomic E-state index is 12.4. The molecular weight excluding hydrogens is 340 g/mol. The second kappa shape index (κ2) is 7.81. The van der Waals surface area contributed by atoms with Crippen molar-refractivity contribution in [2.45, 2.75) is 27.4 Å². The number of anilines is 1. The number of benzene rings is 1. The van der Waals surface area contributed by atoms with Crippen LogP contribution in [0.1, 0.15) is 49.2 Å². The zero-order valence-electron chi connectivity index (χ0n) is 14.2. The third kappa shape index (κ3) is 3.80. The summed E-state index contributed by atoms with van der Waals surface area (Å²) in [5, 5.41) is 9.47. The first kappa shape index (κ1) is 18.5. The monoisotopic (exact) mass is 358 g/mol. The number of thiophene rings is 1. The van der Waals surface area contributed by atoms with Gasteiger partial charge in [-0.3, -0.25) is 0 Å². The number of esters is 2. The van der Waals surface area contributed by atoms with Crippen LogP contribution in [-0.2, 0) is 16.1 Å². The summed E-state index contributed by atoms with van der Waals surface area (Å²) in [5.41, 5.74) is 8.45. The maximum absolute atomic E-state index is 12.4. The van der Waals surface area contributed by atoms with E-state index < -0.39 is 11.9 Å². The van der Waals surface area contributed by atoms with E-state index in [1.54, 1.807) is 19.1 Å². The zero-order valence-corrected chi connectivity index (χ0v) is 15.0. The Morgan fingerprint density at radius 2 is 1.96 bits per heavy atom. The van der Waals surface area contributed by atoms with Gasteiger partial charge in [-0.15, -0.1) is 11.3 Å². The average molecular weight is 358 g/mol. The molecule has 0 spiro atoms. The molecule has 0 atom stereocenters. The lowest BCUT2D eigenvalue weighted by atomic mass is 10.0. The van der Waals surface area contributed by atoms with Crippen LogP contribution in [0, 0.1) is 25.2 Å². The Bertz CT molecular complexity index is 865. The first-order chi connectivity index (χ1) is 11.9. The van der Waals surface area contributed by atoms with Crippen molar-refractivity contribution >= 4 is 28.3 Å². The number of rotatable bonds is 5. The van der Waals surface area contributed by atoms with Gasteiger partial charge < -0.3 is 15.2 Å². The lowest BCUT2D eigenvalue weighted by Gasteiger charge is -2.09. The van der Waals surface area contributed by atoms with Crippen molar-refractivity contribution < 1.29 is 19.1 Å². The van der Waals surface area contributed by atoms with Gasteiger partial charge in [0.05, 0.1) is 17.7 Å². The van der Waals surface area contributed by atoms with Crippen LogP contribution in [0.15, 0.2) is 18.2 Å². The Balaban J connectivity index is 2.28. The van der Waals surface area contributed by atoms with Crippen LogP contribution in [-0.4, -0.2) is 18.5 Å². The highest BCUT2D eigenvalue weighted by molar-refractivity contribution is 7.18. The summed E-state index contributed by atoms with van der Waals surface area (Å²) in [6.07, 6.45) is 0. The lowest BCUT2D eigenvalue weighted by Crippen LogP contribution is -2.11. The summed E-state index contributed by atoms with van der Waals surface area (Å²) >= 11 is 0.956. The van der Waals surface area contributed by atoms with E-state index in [0.29, 0.717) is 5.56 Å². The largest absolute Gasteiger partial charge is 0.462 e. The van der Waals surface area contributed by atoms with Gasteiger partial charge in [0, 0.05) is 5.56 Å². The molecule has 2 N–H and O–H groups in total. The molecule has 25 heavy (non-hydrogen) atoms. The fraction of sp³-hybridized carbons (Fsp3) is 0.278. The van der Waals surface area contributed by atoms with Gasteiger partial charge in [-0.25, -0.2) is 9.59 Å². The minimum atomic E-state index is -0.585. The van der Waals surface area contributed by atoms with Crippen LogP contribution >= 0.6 is 11.3 Å².